The zero-order valence-corrected chi connectivity index (χ0v) is 7.42. The summed E-state index contributed by atoms with van der Waals surface area (Å²) in [7, 11) is 0. The normalized spacial score (nSPS) is 18.5. The van der Waals surface area contributed by atoms with E-state index in [-0.39, 0.29) is 13.1 Å². The van der Waals surface area contributed by atoms with Crippen molar-refractivity contribution in [3.05, 3.63) is 41.1 Å². The van der Waals surface area contributed by atoms with Crippen LogP contribution in [-0.4, -0.2) is 22.9 Å². The van der Waals surface area contributed by atoms with Crippen LogP contribution in [0.4, 0.5) is 0 Å². The standard InChI is InChI=1S/C9H9N2O3/c12-9-7-10(13)11(14-9)6-8-4-2-1-3-5-8/h1-5H,6-7H2/q-1. The first kappa shape index (κ1) is 9.14. The average Bonchev–Trinajstić information content (AvgIpc) is 2.47. The lowest BCUT2D eigenvalue weighted by atomic mass is 10.2. The van der Waals surface area contributed by atoms with Gasteiger partial charge in [-0.25, -0.2) is 4.79 Å². The Labute approximate surface area is 81.0 Å². The maximum atomic E-state index is 11.1. The number of nitrogens with zero attached hydrogens (tertiary/aromatic N) is 2. The van der Waals surface area contributed by atoms with Crippen molar-refractivity contribution < 1.29 is 9.63 Å². The summed E-state index contributed by atoms with van der Waals surface area (Å²) in [4.78, 5) is 15.4. The first-order valence-corrected chi connectivity index (χ1v) is 4.22. The smallest absolute Gasteiger partial charge is 0.341 e. The Morgan fingerprint density at radius 3 is 2.64 bits per heavy atom. The van der Waals surface area contributed by atoms with Crippen molar-refractivity contribution >= 4 is 5.97 Å². The van der Waals surface area contributed by atoms with Gasteiger partial charge in [0.1, 0.15) is 6.54 Å². The molecule has 1 aliphatic rings. The number of carbonyl (C=O) groups excluding carboxylic acids is 1. The lowest BCUT2D eigenvalue weighted by Crippen LogP contribution is -2.29. The Morgan fingerprint density at radius 1 is 1.36 bits per heavy atom. The summed E-state index contributed by atoms with van der Waals surface area (Å²) in [5, 5.41) is 12.6. The molecule has 1 heterocycles. The van der Waals surface area contributed by atoms with E-state index in [9.17, 15) is 10.0 Å². The van der Waals surface area contributed by atoms with E-state index in [1.54, 1.807) is 0 Å². The fourth-order valence-electron chi connectivity index (χ4n) is 1.23. The van der Waals surface area contributed by atoms with Crippen LogP contribution in [0.2, 0.25) is 0 Å². The topological polar surface area (TPSA) is 55.8 Å². The number of rotatable bonds is 2. The minimum absolute atomic E-state index is 0.229. The van der Waals surface area contributed by atoms with Gasteiger partial charge in [0.2, 0.25) is 0 Å². The average molecular weight is 193 g/mol. The van der Waals surface area contributed by atoms with Crippen molar-refractivity contribution in [1.82, 2.24) is 10.3 Å². The molecule has 1 aliphatic heterocycles. The van der Waals surface area contributed by atoms with Gasteiger partial charge in [0.25, 0.3) is 0 Å². The third-order valence-corrected chi connectivity index (χ3v) is 1.88. The van der Waals surface area contributed by atoms with Gasteiger partial charge in [-0.3, -0.25) is 5.17 Å². The van der Waals surface area contributed by atoms with Crippen molar-refractivity contribution in [2.75, 3.05) is 6.54 Å². The first-order chi connectivity index (χ1) is 6.75. The molecule has 0 amide bonds. The summed E-state index contributed by atoms with van der Waals surface area (Å²) in [5.74, 6) is -0.518. The molecule has 0 N–H and O–H groups in total. The van der Waals surface area contributed by atoms with E-state index in [0.29, 0.717) is 5.17 Å². The minimum atomic E-state index is -0.518. The molecule has 0 radical (unpaired) electrons. The Morgan fingerprint density at radius 2 is 2.07 bits per heavy atom. The SMILES string of the molecule is O=C1CN([O-])N(Cc2ccccc2)O1. The molecule has 5 nitrogen and oxygen atoms in total. The minimum Gasteiger partial charge on any atom is -0.769 e. The Hall–Kier alpha value is -1.43. The molecule has 1 saturated heterocycles. The molecule has 0 spiro atoms. The first-order valence-electron chi connectivity index (χ1n) is 4.22. The molecule has 0 aliphatic carbocycles. The van der Waals surface area contributed by atoms with Gasteiger partial charge in [0, 0.05) is 0 Å². The van der Waals surface area contributed by atoms with E-state index in [2.05, 4.69) is 4.84 Å². The summed E-state index contributed by atoms with van der Waals surface area (Å²) in [6.45, 7) is 0.0584. The molecule has 0 saturated carbocycles. The molecule has 2 rings (SSSR count). The molecule has 14 heavy (non-hydrogen) atoms. The van der Waals surface area contributed by atoms with Crippen molar-refractivity contribution in [3.63, 3.8) is 0 Å². The molecular formula is C9H9N2O3-. The number of benzene rings is 1. The molecule has 0 atom stereocenters. The molecule has 0 bridgehead atoms. The Balaban J connectivity index is 2.02. The van der Waals surface area contributed by atoms with Crippen molar-refractivity contribution in [3.8, 4) is 0 Å². The predicted octanol–water partition coefficient (Wildman–Crippen LogP) is 0.675. The third kappa shape index (κ3) is 1.90. The highest BCUT2D eigenvalue weighted by Crippen LogP contribution is 2.12. The number of hydrogen-bond acceptors (Lipinski definition) is 5. The van der Waals surface area contributed by atoms with E-state index >= 15 is 0 Å². The van der Waals surface area contributed by atoms with E-state index in [1.807, 2.05) is 30.3 Å². The predicted molar refractivity (Wildman–Crippen MR) is 48.2 cm³/mol. The van der Waals surface area contributed by atoms with Crippen molar-refractivity contribution in [1.29, 1.82) is 0 Å². The second-order valence-electron chi connectivity index (χ2n) is 2.97. The molecule has 1 fully saturated rings. The van der Waals surface area contributed by atoms with Crippen LogP contribution in [0.15, 0.2) is 30.3 Å². The van der Waals surface area contributed by atoms with Gasteiger partial charge in [-0.2, -0.15) is 0 Å². The quantitative estimate of drug-likeness (QED) is 0.691. The maximum absolute atomic E-state index is 11.1. The maximum Gasteiger partial charge on any atom is 0.341 e. The summed E-state index contributed by atoms with van der Waals surface area (Å²) in [6.07, 6.45) is 0. The number of hydrazine groups is 1. The van der Waals surface area contributed by atoms with Crippen LogP contribution in [-0.2, 0) is 16.2 Å². The van der Waals surface area contributed by atoms with E-state index in [4.69, 9.17) is 0 Å². The van der Waals surface area contributed by atoms with Gasteiger partial charge in [-0.1, -0.05) is 35.5 Å². The van der Waals surface area contributed by atoms with E-state index in [0.717, 1.165) is 10.7 Å². The van der Waals surface area contributed by atoms with Crippen LogP contribution < -0.4 is 0 Å². The Bertz CT molecular complexity index is 328. The molecule has 5 heteroatoms. The lowest BCUT2D eigenvalue weighted by molar-refractivity contribution is -0.212. The van der Waals surface area contributed by atoms with Crippen LogP contribution in [0.3, 0.4) is 0 Å². The van der Waals surface area contributed by atoms with E-state index < -0.39 is 5.97 Å². The molecule has 74 valence electrons. The largest absolute Gasteiger partial charge is 0.769 e. The van der Waals surface area contributed by atoms with Gasteiger partial charge in [-0.05, 0) is 5.56 Å². The van der Waals surface area contributed by atoms with Gasteiger partial charge >= 0.3 is 5.97 Å². The summed E-state index contributed by atoms with van der Waals surface area (Å²) in [6, 6.07) is 9.33. The number of hydrogen-bond donors (Lipinski definition) is 0. The van der Waals surface area contributed by atoms with Gasteiger partial charge in [-0.15, -0.1) is 0 Å². The monoisotopic (exact) mass is 193 g/mol. The van der Waals surface area contributed by atoms with E-state index in [1.165, 1.54) is 0 Å². The van der Waals surface area contributed by atoms with Gasteiger partial charge < -0.3 is 10.0 Å². The Kier molecular flexibility index (Phi) is 2.45. The van der Waals surface area contributed by atoms with Crippen LogP contribution in [0.5, 0.6) is 0 Å². The summed E-state index contributed by atoms with van der Waals surface area (Å²) >= 11 is 0. The molecular weight excluding hydrogens is 184 g/mol. The lowest BCUT2D eigenvalue weighted by Gasteiger charge is -2.28. The number of carbonyl (C=O) groups is 1. The van der Waals surface area contributed by atoms with Crippen LogP contribution in [0.25, 0.3) is 0 Å². The van der Waals surface area contributed by atoms with Crippen molar-refractivity contribution in [2.45, 2.75) is 6.54 Å². The zero-order chi connectivity index (χ0) is 9.97. The highest BCUT2D eigenvalue weighted by molar-refractivity contribution is 5.72. The van der Waals surface area contributed by atoms with Crippen LogP contribution >= 0.6 is 0 Å². The van der Waals surface area contributed by atoms with Crippen molar-refractivity contribution in [2.24, 2.45) is 0 Å². The summed E-state index contributed by atoms with van der Waals surface area (Å²) in [5.41, 5.74) is 0.919. The second kappa shape index (κ2) is 3.75. The summed E-state index contributed by atoms with van der Waals surface area (Å²) < 4.78 is 0. The molecule has 0 unspecified atom stereocenters. The van der Waals surface area contributed by atoms with Gasteiger partial charge in [0.05, 0.1) is 6.54 Å². The highest BCUT2D eigenvalue weighted by Gasteiger charge is 2.23. The third-order valence-electron chi connectivity index (χ3n) is 1.88. The van der Waals surface area contributed by atoms with Crippen LogP contribution in [0, 0.1) is 5.21 Å². The van der Waals surface area contributed by atoms with Crippen LogP contribution in [0.1, 0.15) is 5.56 Å². The van der Waals surface area contributed by atoms with Gasteiger partial charge in [0.15, 0.2) is 0 Å². The number of hydroxylamine groups is 2. The zero-order valence-electron chi connectivity index (χ0n) is 7.42. The molecule has 1 aromatic carbocycles. The fraction of sp³-hybridized carbons (Fsp3) is 0.222. The molecule has 0 aromatic heterocycles. The second-order valence-corrected chi connectivity index (χ2v) is 2.97. The fourth-order valence-corrected chi connectivity index (χ4v) is 1.23. The molecule has 1 aromatic rings. The highest BCUT2D eigenvalue weighted by atomic mass is 16.8.